The van der Waals surface area contributed by atoms with Crippen molar-refractivity contribution in [1.82, 2.24) is 0 Å². The molecule has 1 nitrogen and oxygen atoms in total. The SMILES string of the molecule is CC1(C)OC(c2ccc(Cl)cc2)C/C1=C/c1ccc(Cl)cc1. The molecule has 1 heterocycles. The molecular formula is C19H18Cl2O. The second-order valence-corrected chi connectivity index (χ2v) is 6.97. The third kappa shape index (κ3) is 3.38. The van der Waals surface area contributed by atoms with Crippen LogP contribution in [0.5, 0.6) is 0 Å². The maximum Gasteiger partial charge on any atom is 0.0874 e. The Balaban J connectivity index is 1.86. The molecule has 0 N–H and O–H groups in total. The molecule has 2 aromatic carbocycles. The van der Waals surface area contributed by atoms with Crippen molar-refractivity contribution in [2.75, 3.05) is 0 Å². The number of benzene rings is 2. The number of hydrogen-bond donors (Lipinski definition) is 0. The van der Waals surface area contributed by atoms with E-state index >= 15 is 0 Å². The van der Waals surface area contributed by atoms with E-state index in [1.54, 1.807) is 0 Å². The normalized spacial score (nSPS) is 22.2. The third-order valence-corrected chi connectivity index (χ3v) is 4.57. The van der Waals surface area contributed by atoms with E-state index in [-0.39, 0.29) is 11.7 Å². The topological polar surface area (TPSA) is 9.23 Å². The lowest BCUT2D eigenvalue weighted by Crippen LogP contribution is -2.20. The minimum Gasteiger partial charge on any atom is -0.363 e. The van der Waals surface area contributed by atoms with Gasteiger partial charge in [-0.05, 0) is 54.8 Å². The van der Waals surface area contributed by atoms with Gasteiger partial charge < -0.3 is 4.74 Å². The molecule has 1 fully saturated rings. The summed E-state index contributed by atoms with van der Waals surface area (Å²) >= 11 is 11.9. The summed E-state index contributed by atoms with van der Waals surface area (Å²) in [5.41, 5.74) is 3.32. The molecule has 1 aliphatic rings. The monoisotopic (exact) mass is 332 g/mol. The van der Waals surface area contributed by atoms with Gasteiger partial charge in [0.05, 0.1) is 11.7 Å². The van der Waals surface area contributed by atoms with Gasteiger partial charge in [-0.25, -0.2) is 0 Å². The standard InChI is InChI=1S/C19H18Cl2O/c1-19(2)15(11-13-3-7-16(20)8-4-13)12-18(22-19)14-5-9-17(21)10-6-14/h3-11,18H,12H2,1-2H3/b15-11-. The molecule has 22 heavy (non-hydrogen) atoms. The molecule has 3 rings (SSSR count). The molecule has 1 aliphatic heterocycles. The van der Waals surface area contributed by atoms with Gasteiger partial charge in [0.2, 0.25) is 0 Å². The first-order valence-electron chi connectivity index (χ1n) is 7.34. The number of halogens is 2. The van der Waals surface area contributed by atoms with Crippen LogP contribution in [0.1, 0.15) is 37.5 Å². The van der Waals surface area contributed by atoms with E-state index in [2.05, 4.69) is 19.9 Å². The van der Waals surface area contributed by atoms with E-state index < -0.39 is 0 Å². The van der Waals surface area contributed by atoms with E-state index in [1.165, 1.54) is 5.57 Å². The van der Waals surface area contributed by atoms with Crippen LogP contribution in [0.25, 0.3) is 6.08 Å². The van der Waals surface area contributed by atoms with Crippen molar-refractivity contribution in [1.29, 1.82) is 0 Å². The number of rotatable bonds is 2. The molecule has 0 saturated carbocycles. The first-order valence-corrected chi connectivity index (χ1v) is 8.09. The lowest BCUT2D eigenvalue weighted by Gasteiger charge is -2.21. The Morgan fingerprint density at radius 2 is 1.50 bits per heavy atom. The minimum atomic E-state index is -0.274. The summed E-state index contributed by atoms with van der Waals surface area (Å²) in [5, 5.41) is 1.50. The summed E-state index contributed by atoms with van der Waals surface area (Å²) in [5.74, 6) is 0. The maximum atomic E-state index is 6.25. The highest BCUT2D eigenvalue weighted by Crippen LogP contribution is 2.44. The van der Waals surface area contributed by atoms with Gasteiger partial charge >= 0.3 is 0 Å². The Morgan fingerprint density at radius 1 is 0.955 bits per heavy atom. The zero-order chi connectivity index (χ0) is 15.7. The molecule has 0 bridgehead atoms. The van der Waals surface area contributed by atoms with Crippen LogP contribution in [0, 0.1) is 0 Å². The molecule has 114 valence electrons. The fourth-order valence-electron chi connectivity index (χ4n) is 2.77. The summed E-state index contributed by atoms with van der Waals surface area (Å²) < 4.78 is 6.25. The Kier molecular flexibility index (Phi) is 4.31. The summed E-state index contributed by atoms with van der Waals surface area (Å²) in [4.78, 5) is 0. The first kappa shape index (κ1) is 15.6. The summed E-state index contributed by atoms with van der Waals surface area (Å²) in [6, 6.07) is 15.8. The highest BCUT2D eigenvalue weighted by molar-refractivity contribution is 6.30. The van der Waals surface area contributed by atoms with Crippen LogP contribution in [0.15, 0.2) is 54.1 Å². The molecule has 1 atom stereocenters. The van der Waals surface area contributed by atoms with Crippen LogP contribution in [0.2, 0.25) is 10.0 Å². The van der Waals surface area contributed by atoms with Gasteiger partial charge in [0.15, 0.2) is 0 Å². The maximum absolute atomic E-state index is 6.25. The van der Waals surface area contributed by atoms with E-state index in [9.17, 15) is 0 Å². The molecule has 0 radical (unpaired) electrons. The molecule has 0 aliphatic carbocycles. The van der Waals surface area contributed by atoms with Crippen molar-refractivity contribution in [3.8, 4) is 0 Å². The zero-order valence-electron chi connectivity index (χ0n) is 12.6. The quantitative estimate of drug-likeness (QED) is 0.625. The van der Waals surface area contributed by atoms with Crippen LogP contribution in [-0.2, 0) is 4.74 Å². The Morgan fingerprint density at radius 3 is 2.09 bits per heavy atom. The molecule has 0 amide bonds. The molecule has 3 heteroatoms. The van der Waals surface area contributed by atoms with E-state index in [1.807, 2.05) is 48.5 Å². The minimum absolute atomic E-state index is 0.0748. The number of ether oxygens (including phenoxy) is 1. The molecule has 1 unspecified atom stereocenters. The molecule has 0 spiro atoms. The van der Waals surface area contributed by atoms with Crippen LogP contribution in [-0.4, -0.2) is 5.60 Å². The van der Waals surface area contributed by atoms with Gasteiger partial charge in [-0.1, -0.05) is 53.5 Å². The number of hydrogen-bond acceptors (Lipinski definition) is 1. The second kappa shape index (κ2) is 6.08. The van der Waals surface area contributed by atoms with Gasteiger partial charge in [0.25, 0.3) is 0 Å². The van der Waals surface area contributed by atoms with Crippen molar-refractivity contribution in [3.63, 3.8) is 0 Å². The Bertz CT molecular complexity index is 684. The van der Waals surface area contributed by atoms with E-state index in [0.717, 1.165) is 27.6 Å². The van der Waals surface area contributed by atoms with Gasteiger partial charge in [0.1, 0.15) is 0 Å². The van der Waals surface area contributed by atoms with Gasteiger partial charge in [-0.3, -0.25) is 0 Å². The molecule has 0 aromatic heterocycles. The highest BCUT2D eigenvalue weighted by atomic mass is 35.5. The zero-order valence-corrected chi connectivity index (χ0v) is 14.2. The van der Waals surface area contributed by atoms with Crippen molar-refractivity contribution in [3.05, 3.63) is 75.3 Å². The van der Waals surface area contributed by atoms with Crippen molar-refractivity contribution >= 4 is 29.3 Å². The summed E-state index contributed by atoms with van der Waals surface area (Å²) in [7, 11) is 0. The average molecular weight is 333 g/mol. The van der Waals surface area contributed by atoms with Gasteiger partial charge in [0, 0.05) is 16.5 Å². The largest absolute Gasteiger partial charge is 0.363 e. The van der Waals surface area contributed by atoms with E-state index in [0.29, 0.717) is 0 Å². The van der Waals surface area contributed by atoms with Crippen molar-refractivity contribution in [2.24, 2.45) is 0 Å². The highest BCUT2D eigenvalue weighted by Gasteiger charge is 2.37. The molecule has 2 aromatic rings. The summed E-state index contributed by atoms with van der Waals surface area (Å²) in [6.45, 7) is 4.23. The molecule has 1 saturated heterocycles. The van der Waals surface area contributed by atoms with Gasteiger partial charge in [-0.15, -0.1) is 0 Å². The lowest BCUT2D eigenvalue weighted by molar-refractivity contribution is -0.00408. The van der Waals surface area contributed by atoms with Gasteiger partial charge in [-0.2, -0.15) is 0 Å². The first-order chi connectivity index (χ1) is 10.4. The van der Waals surface area contributed by atoms with Crippen LogP contribution in [0.3, 0.4) is 0 Å². The van der Waals surface area contributed by atoms with Crippen molar-refractivity contribution < 1.29 is 4.74 Å². The third-order valence-electron chi connectivity index (χ3n) is 4.07. The predicted molar refractivity (Wildman–Crippen MR) is 93.4 cm³/mol. The summed E-state index contributed by atoms with van der Waals surface area (Å²) in [6.07, 6.45) is 3.16. The molecular weight excluding hydrogens is 315 g/mol. The Hall–Kier alpha value is -1.28. The smallest absolute Gasteiger partial charge is 0.0874 e. The van der Waals surface area contributed by atoms with Crippen LogP contribution < -0.4 is 0 Å². The lowest BCUT2D eigenvalue weighted by atomic mass is 9.93. The van der Waals surface area contributed by atoms with Crippen LogP contribution in [0.4, 0.5) is 0 Å². The average Bonchev–Trinajstić information content (AvgIpc) is 2.77. The fourth-order valence-corrected chi connectivity index (χ4v) is 3.03. The predicted octanol–water partition coefficient (Wildman–Crippen LogP) is 6.32. The second-order valence-electron chi connectivity index (χ2n) is 6.09. The van der Waals surface area contributed by atoms with Crippen LogP contribution >= 0.6 is 23.2 Å². The Labute approximate surface area is 141 Å². The fraction of sp³-hybridized carbons (Fsp3) is 0.263. The van der Waals surface area contributed by atoms with Crippen molar-refractivity contribution in [2.45, 2.75) is 32.0 Å². The van der Waals surface area contributed by atoms with E-state index in [4.69, 9.17) is 27.9 Å².